The van der Waals surface area contributed by atoms with Crippen molar-refractivity contribution >= 4 is 20.7 Å². The van der Waals surface area contributed by atoms with E-state index in [4.69, 9.17) is 4.74 Å². The Balaban J connectivity index is 1.81. The fourth-order valence-corrected chi connectivity index (χ4v) is 4.59. The summed E-state index contributed by atoms with van der Waals surface area (Å²) in [5.74, 6) is -0.255. The van der Waals surface area contributed by atoms with Gasteiger partial charge in [0.1, 0.15) is 11.5 Å². The molecule has 1 radical (unpaired) electrons. The smallest absolute Gasteiger partial charge is 0.420 e. The maximum absolute atomic E-state index is 13.4. The van der Waals surface area contributed by atoms with Crippen LogP contribution in [0, 0.1) is 13.0 Å². The average Bonchev–Trinajstić information content (AvgIpc) is 3.13. The van der Waals surface area contributed by atoms with Crippen molar-refractivity contribution < 1.29 is 26.3 Å². The molecule has 0 aliphatic rings. The number of nitrogens with one attached hydrogen (secondary N) is 1. The molecule has 1 heterocycles. The van der Waals surface area contributed by atoms with Crippen LogP contribution in [0.4, 0.5) is 13.2 Å². The standard InChI is InChI=1S/C22H15F3NO3S/c1-14-6-5-9-18(22(23,24)25)21(14)29-15-10-11-19-17(12-15)20(13-26-19)30(27,28)16-7-3-2-4-8-16/h2-4,6-13,26H,1H3. The molecular weight excluding hydrogens is 415 g/mol. The molecule has 0 fully saturated rings. The number of alkyl halides is 3. The van der Waals surface area contributed by atoms with Gasteiger partial charge in [-0.25, -0.2) is 8.42 Å². The third kappa shape index (κ3) is 3.54. The molecule has 0 aliphatic heterocycles. The van der Waals surface area contributed by atoms with E-state index in [-0.39, 0.29) is 26.9 Å². The van der Waals surface area contributed by atoms with E-state index in [0.717, 1.165) is 6.07 Å². The van der Waals surface area contributed by atoms with Gasteiger partial charge in [-0.2, -0.15) is 13.2 Å². The third-order valence-corrected chi connectivity index (χ3v) is 6.42. The zero-order chi connectivity index (χ0) is 21.5. The first-order valence-corrected chi connectivity index (χ1v) is 10.3. The molecule has 3 aromatic carbocycles. The highest BCUT2D eigenvalue weighted by Gasteiger charge is 2.35. The Hall–Kier alpha value is -3.26. The van der Waals surface area contributed by atoms with Crippen LogP contribution in [0.5, 0.6) is 11.5 Å². The van der Waals surface area contributed by atoms with Crippen LogP contribution < -0.4 is 4.74 Å². The van der Waals surface area contributed by atoms with E-state index in [9.17, 15) is 21.6 Å². The fourth-order valence-electron chi connectivity index (χ4n) is 3.14. The van der Waals surface area contributed by atoms with Crippen molar-refractivity contribution in [1.29, 1.82) is 0 Å². The second-order valence-corrected chi connectivity index (χ2v) is 8.58. The Kier molecular flexibility index (Phi) is 4.82. The van der Waals surface area contributed by atoms with Crippen LogP contribution in [-0.2, 0) is 16.0 Å². The van der Waals surface area contributed by atoms with E-state index in [1.807, 2.05) is 0 Å². The molecule has 0 bridgehead atoms. The number of aryl methyl sites for hydroxylation is 1. The topological polar surface area (TPSA) is 59.2 Å². The quantitative estimate of drug-likeness (QED) is 0.437. The predicted molar refractivity (Wildman–Crippen MR) is 105 cm³/mol. The number of sulfone groups is 1. The number of aromatic amines is 1. The summed E-state index contributed by atoms with van der Waals surface area (Å²) in [7, 11) is -3.82. The molecule has 1 aromatic heterocycles. The van der Waals surface area contributed by atoms with Crippen LogP contribution in [0.2, 0.25) is 0 Å². The van der Waals surface area contributed by atoms with Gasteiger partial charge in [0.15, 0.2) is 0 Å². The Morgan fingerprint density at radius 1 is 1.03 bits per heavy atom. The Morgan fingerprint density at radius 2 is 1.77 bits per heavy atom. The second kappa shape index (κ2) is 7.21. The minimum absolute atomic E-state index is 0.0170. The van der Waals surface area contributed by atoms with Crippen LogP contribution in [-0.4, -0.2) is 13.4 Å². The summed E-state index contributed by atoms with van der Waals surface area (Å²) in [4.78, 5) is 3.02. The van der Waals surface area contributed by atoms with E-state index in [1.54, 1.807) is 24.3 Å². The number of hydrogen-bond donors (Lipinski definition) is 1. The molecule has 0 aliphatic carbocycles. The second-order valence-electron chi connectivity index (χ2n) is 6.66. The highest BCUT2D eigenvalue weighted by atomic mass is 32.2. The average molecular weight is 430 g/mol. The lowest BCUT2D eigenvalue weighted by molar-refractivity contribution is -0.138. The summed E-state index contributed by atoms with van der Waals surface area (Å²) in [6.07, 6.45) is -3.25. The summed E-state index contributed by atoms with van der Waals surface area (Å²) >= 11 is 0. The van der Waals surface area contributed by atoms with Crippen molar-refractivity contribution in [2.75, 3.05) is 0 Å². The number of benzene rings is 3. The highest BCUT2D eigenvalue weighted by molar-refractivity contribution is 7.91. The molecule has 4 nitrogen and oxygen atoms in total. The van der Waals surface area contributed by atoms with Crippen LogP contribution in [0.3, 0.4) is 0 Å². The number of H-pyrrole nitrogens is 1. The minimum atomic E-state index is -4.61. The molecule has 153 valence electrons. The molecule has 8 heteroatoms. The van der Waals surface area contributed by atoms with Gasteiger partial charge in [0, 0.05) is 17.1 Å². The minimum Gasteiger partial charge on any atom is -0.456 e. The van der Waals surface area contributed by atoms with Gasteiger partial charge in [0.05, 0.1) is 15.4 Å². The lowest BCUT2D eigenvalue weighted by Gasteiger charge is -2.16. The van der Waals surface area contributed by atoms with Gasteiger partial charge < -0.3 is 9.72 Å². The highest BCUT2D eigenvalue weighted by Crippen LogP contribution is 2.40. The molecule has 0 saturated carbocycles. The van der Waals surface area contributed by atoms with Gasteiger partial charge in [0.2, 0.25) is 9.84 Å². The van der Waals surface area contributed by atoms with Crippen LogP contribution in [0.1, 0.15) is 11.1 Å². The maximum Gasteiger partial charge on any atom is 0.420 e. The molecule has 1 N–H and O–H groups in total. The number of aromatic nitrogens is 1. The van der Waals surface area contributed by atoms with Crippen molar-refractivity contribution in [1.82, 2.24) is 4.98 Å². The summed E-state index contributed by atoms with van der Waals surface area (Å²) in [6.45, 7) is 1.49. The largest absolute Gasteiger partial charge is 0.456 e. The van der Waals surface area contributed by atoms with Crippen molar-refractivity contribution in [3.63, 3.8) is 0 Å². The van der Waals surface area contributed by atoms with Crippen LogP contribution >= 0.6 is 0 Å². The van der Waals surface area contributed by atoms with E-state index >= 15 is 0 Å². The maximum atomic E-state index is 13.4. The summed E-state index contributed by atoms with van der Waals surface area (Å²) < 4.78 is 71.7. The van der Waals surface area contributed by atoms with Gasteiger partial charge >= 0.3 is 6.18 Å². The Bertz CT molecular complexity index is 1330. The number of halogens is 3. The number of fused-ring (bicyclic) bond motifs is 1. The van der Waals surface area contributed by atoms with E-state index in [1.165, 1.54) is 43.5 Å². The number of ether oxygens (including phenoxy) is 1. The molecule has 0 atom stereocenters. The normalized spacial score (nSPS) is 12.3. The molecule has 0 saturated heterocycles. The van der Waals surface area contributed by atoms with Crippen LogP contribution in [0.15, 0.2) is 76.7 Å². The van der Waals surface area contributed by atoms with Crippen molar-refractivity contribution in [2.24, 2.45) is 0 Å². The Morgan fingerprint density at radius 3 is 2.47 bits per heavy atom. The zero-order valence-electron chi connectivity index (χ0n) is 15.6. The Labute approximate surface area is 170 Å². The molecule has 0 spiro atoms. The summed E-state index contributed by atoms with van der Waals surface area (Å²) in [6, 6.07) is 17.0. The van der Waals surface area contributed by atoms with Crippen molar-refractivity contribution in [3.05, 3.63) is 84.1 Å². The first-order chi connectivity index (χ1) is 14.2. The zero-order valence-corrected chi connectivity index (χ0v) is 16.4. The number of rotatable bonds is 4. The van der Waals surface area contributed by atoms with Gasteiger partial charge in [-0.15, -0.1) is 0 Å². The van der Waals surface area contributed by atoms with Gasteiger partial charge in [-0.05, 0) is 61.0 Å². The summed E-state index contributed by atoms with van der Waals surface area (Å²) in [5.41, 5.74) is -0.170. The van der Waals surface area contributed by atoms with Gasteiger partial charge in [-0.3, -0.25) is 0 Å². The molecular formula is C22H15F3NO3S. The summed E-state index contributed by atoms with van der Waals surface area (Å²) in [5, 5.41) is 0.324. The molecule has 0 amide bonds. The number of hydrogen-bond acceptors (Lipinski definition) is 3. The molecule has 4 aromatic rings. The third-order valence-electron chi connectivity index (χ3n) is 4.61. The molecule has 30 heavy (non-hydrogen) atoms. The lowest BCUT2D eigenvalue weighted by atomic mass is 10.1. The molecule has 4 rings (SSSR count). The fraction of sp³-hybridized carbons (Fsp3) is 0.0909. The van der Waals surface area contributed by atoms with E-state index in [2.05, 4.69) is 11.1 Å². The van der Waals surface area contributed by atoms with Gasteiger partial charge in [-0.1, -0.05) is 18.2 Å². The lowest BCUT2D eigenvalue weighted by Crippen LogP contribution is -2.08. The molecule has 0 unspecified atom stereocenters. The van der Waals surface area contributed by atoms with E-state index in [0.29, 0.717) is 10.9 Å². The first kappa shape index (κ1) is 20.0. The van der Waals surface area contributed by atoms with Gasteiger partial charge in [0.25, 0.3) is 0 Å². The monoisotopic (exact) mass is 430 g/mol. The van der Waals surface area contributed by atoms with E-state index < -0.39 is 21.6 Å². The SMILES string of the molecule is Cc1c[c]cc(C(F)(F)F)c1Oc1ccc2[nH]cc(S(=O)(=O)c3ccccc3)c2c1. The predicted octanol–water partition coefficient (Wildman–Crippen LogP) is 5.92. The first-order valence-electron chi connectivity index (χ1n) is 8.85. The van der Waals surface area contributed by atoms with Crippen molar-refractivity contribution in [3.8, 4) is 11.5 Å². The van der Waals surface area contributed by atoms with Crippen LogP contribution in [0.25, 0.3) is 10.9 Å². The van der Waals surface area contributed by atoms with Crippen molar-refractivity contribution in [2.45, 2.75) is 22.9 Å².